The van der Waals surface area contributed by atoms with E-state index in [2.05, 4.69) is 5.32 Å². The van der Waals surface area contributed by atoms with Gasteiger partial charge in [-0.05, 0) is 12.0 Å². The summed E-state index contributed by atoms with van der Waals surface area (Å²) in [7, 11) is 0. The van der Waals surface area contributed by atoms with Crippen molar-refractivity contribution in [2.24, 2.45) is 0 Å². The molecule has 120 valence electrons. The zero-order valence-electron chi connectivity index (χ0n) is 12.6. The van der Waals surface area contributed by atoms with Gasteiger partial charge in [0.15, 0.2) is 0 Å². The molecule has 0 bridgehead atoms. The van der Waals surface area contributed by atoms with Gasteiger partial charge in [0.25, 0.3) is 0 Å². The standard InChI is InChI=1S/C16H21NO5/c1-2-3-11-21-15(19)14(9-10-18)17-16(20)22-12-13-7-5-4-6-8-13/h4-8,10,14H,2-3,9,11-12H2,1H3,(H,17,20). The van der Waals surface area contributed by atoms with Gasteiger partial charge < -0.3 is 19.6 Å². The average molecular weight is 307 g/mol. The minimum atomic E-state index is -1.02. The monoisotopic (exact) mass is 307 g/mol. The van der Waals surface area contributed by atoms with Gasteiger partial charge in [0.05, 0.1) is 6.61 Å². The number of ether oxygens (including phenoxy) is 2. The molecule has 1 atom stereocenters. The number of alkyl carbamates (subject to hydrolysis) is 1. The number of esters is 1. The molecule has 0 spiro atoms. The van der Waals surface area contributed by atoms with Crippen LogP contribution in [-0.2, 0) is 25.7 Å². The topological polar surface area (TPSA) is 81.7 Å². The van der Waals surface area contributed by atoms with Crippen LogP contribution in [0.3, 0.4) is 0 Å². The summed E-state index contributed by atoms with van der Waals surface area (Å²) in [4.78, 5) is 34.1. The number of hydrogen-bond acceptors (Lipinski definition) is 5. The molecule has 1 aromatic rings. The summed E-state index contributed by atoms with van der Waals surface area (Å²) in [6.45, 7) is 2.33. The number of carbonyl (C=O) groups excluding carboxylic acids is 3. The first-order chi connectivity index (χ1) is 10.7. The van der Waals surface area contributed by atoms with Crippen molar-refractivity contribution in [2.75, 3.05) is 6.61 Å². The number of amides is 1. The van der Waals surface area contributed by atoms with Gasteiger partial charge in [-0.25, -0.2) is 9.59 Å². The van der Waals surface area contributed by atoms with Crippen molar-refractivity contribution in [2.45, 2.75) is 38.8 Å². The normalized spacial score (nSPS) is 11.3. The van der Waals surface area contributed by atoms with Gasteiger partial charge in [0.2, 0.25) is 0 Å². The van der Waals surface area contributed by atoms with Crippen LogP contribution >= 0.6 is 0 Å². The van der Waals surface area contributed by atoms with Gasteiger partial charge in [-0.2, -0.15) is 0 Å². The third-order valence-electron chi connectivity index (χ3n) is 2.86. The van der Waals surface area contributed by atoms with Crippen molar-refractivity contribution in [3.05, 3.63) is 35.9 Å². The third-order valence-corrected chi connectivity index (χ3v) is 2.86. The summed E-state index contributed by atoms with van der Waals surface area (Å²) in [6.07, 6.45) is 1.27. The third kappa shape index (κ3) is 6.88. The lowest BCUT2D eigenvalue weighted by Gasteiger charge is -2.15. The minimum absolute atomic E-state index is 0.0887. The van der Waals surface area contributed by atoms with E-state index in [1.807, 2.05) is 37.3 Å². The van der Waals surface area contributed by atoms with Crippen LogP contribution in [0, 0.1) is 0 Å². The molecule has 1 amide bonds. The first kappa shape index (κ1) is 17.7. The molecule has 0 fully saturated rings. The molecule has 0 aromatic heterocycles. The van der Waals surface area contributed by atoms with Crippen molar-refractivity contribution < 1.29 is 23.9 Å². The van der Waals surface area contributed by atoms with Crippen LogP contribution in [-0.4, -0.2) is 31.0 Å². The molecule has 6 heteroatoms. The lowest BCUT2D eigenvalue weighted by Crippen LogP contribution is -2.42. The zero-order valence-corrected chi connectivity index (χ0v) is 12.6. The molecule has 1 unspecified atom stereocenters. The molecule has 0 aliphatic carbocycles. The average Bonchev–Trinajstić information content (AvgIpc) is 2.53. The Kier molecular flexibility index (Phi) is 8.33. The van der Waals surface area contributed by atoms with Crippen LogP contribution < -0.4 is 5.32 Å². The summed E-state index contributed by atoms with van der Waals surface area (Å²) >= 11 is 0. The Balaban J connectivity index is 2.42. The summed E-state index contributed by atoms with van der Waals surface area (Å²) in [6, 6.07) is 8.13. The maximum absolute atomic E-state index is 11.8. The number of unbranched alkanes of at least 4 members (excludes halogenated alkanes) is 1. The summed E-state index contributed by atoms with van der Waals surface area (Å²) in [5.41, 5.74) is 0.829. The fourth-order valence-corrected chi connectivity index (χ4v) is 1.64. The van der Waals surface area contributed by atoms with Crippen molar-refractivity contribution in [3.8, 4) is 0 Å². The summed E-state index contributed by atoms with van der Waals surface area (Å²) in [5.74, 6) is -0.628. The molecule has 0 aliphatic heterocycles. The minimum Gasteiger partial charge on any atom is -0.464 e. The lowest BCUT2D eigenvalue weighted by molar-refractivity contribution is -0.146. The van der Waals surface area contributed by atoms with Crippen LogP contribution in [0.5, 0.6) is 0 Å². The van der Waals surface area contributed by atoms with E-state index < -0.39 is 18.1 Å². The second-order valence-corrected chi connectivity index (χ2v) is 4.68. The van der Waals surface area contributed by atoms with Crippen LogP contribution in [0.15, 0.2) is 30.3 Å². The predicted octanol–water partition coefficient (Wildman–Crippen LogP) is 2.21. The highest BCUT2D eigenvalue weighted by Crippen LogP contribution is 2.02. The number of rotatable bonds is 9. The Morgan fingerprint density at radius 1 is 1.23 bits per heavy atom. The molecule has 0 saturated carbocycles. The van der Waals surface area contributed by atoms with E-state index in [1.165, 1.54) is 0 Å². The maximum atomic E-state index is 11.8. The highest BCUT2D eigenvalue weighted by atomic mass is 16.6. The molecule has 1 rings (SSSR count). The fourth-order valence-electron chi connectivity index (χ4n) is 1.64. The van der Waals surface area contributed by atoms with E-state index >= 15 is 0 Å². The van der Waals surface area contributed by atoms with Gasteiger partial charge in [-0.3, -0.25) is 0 Å². The fraction of sp³-hybridized carbons (Fsp3) is 0.438. The van der Waals surface area contributed by atoms with Gasteiger partial charge in [0, 0.05) is 6.42 Å². The Labute approximate surface area is 129 Å². The van der Waals surface area contributed by atoms with E-state index in [0.717, 1.165) is 18.4 Å². The number of carbonyl (C=O) groups is 3. The molecule has 22 heavy (non-hydrogen) atoms. The molecule has 1 aromatic carbocycles. The van der Waals surface area contributed by atoms with Crippen molar-refractivity contribution in [1.82, 2.24) is 5.32 Å². The highest BCUT2D eigenvalue weighted by molar-refractivity contribution is 5.83. The largest absolute Gasteiger partial charge is 0.464 e. The zero-order chi connectivity index (χ0) is 16.2. The second-order valence-electron chi connectivity index (χ2n) is 4.68. The van der Waals surface area contributed by atoms with Crippen molar-refractivity contribution in [1.29, 1.82) is 0 Å². The van der Waals surface area contributed by atoms with E-state index in [4.69, 9.17) is 9.47 Å². The first-order valence-corrected chi connectivity index (χ1v) is 7.24. The maximum Gasteiger partial charge on any atom is 0.408 e. The molecule has 6 nitrogen and oxygen atoms in total. The van der Waals surface area contributed by atoms with Crippen molar-refractivity contribution in [3.63, 3.8) is 0 Å². The van der Waals surface area contributed by atoms with E-state index in [-0.39, 0.29) is 19.6 Å². The number of nitrogens with one attached hydrogen (secondary N) is 1. The molecule has 0 radical (unpaired) electrons. The van der Waals surface area contributed by atoms with Gasteiger partial charge in [0.1, 0.15) is 18.9 Å². The Morgan fingerprint density at radius 3 is 2.59 bits per heavy atom. The quantitative estimate of drug-likeness (QED) is 0.430. The summed E-state index contributed by atoms with van der Waals surface area (Å²) in [5, 5.41) is 2.35. The number of aldehydes is 1. The lowest BCUT2D eigenvalue weighted by atomic mass is 10.2. The molecule has 0 aliphatic rings. The van der Waals surface area contributed by atoms with Gasteiger partial charge >= 0.3 is 12.1 Å². The SMILES string of the molecule is CCCCOC(=O)C(CC=O)NC(=O)OCc1ccccc1. The smallest absolute Gasteiger partial charge is 0.408 e. The Hall–Kier alpha value is -2.37. The van der Waals surface area contributed by atoms with Gasteiger partial charge in [-0.15, -0.1) is 0 Å². The van der Waals surface area contributed by atoms with Crippen LogP contribution in [0.4, 0.5) is 4.79 Å². The summed E-state index contributed by atoms with van der Waals surface area (Å²) < 4.78 is 10.00. The van der Waals surface area contributed by atoms with Crippen LogP contribution in [0.1, 0.15) is 31.7 Å². The molecule has 0 saturated heterocycles. The molecular formula is C16H21NO5. The first-order valence-electron chi connectivity index (χ1n) is 7.24. The van der Waals surface area contributed by atoms with Crippen molar-refractivity contribution >= 4 is 18.3 Å². The van der Waals surface area contributed by atoms with E-state index in [1.54, 1.807) is 0 Å². The predicted molar refractivity (Wildman–Crippen MR) is 80.1 cm³/mol. The Bertz CT molecular complexity index is 475. The highest BCUT2D eigenvalue weighted by Gasteiger charge is 2.22. The molecule has 0 heterocycles. The number of benzene rings is 1. The number of hydrogen-bond donors (Lipinski definition) is 1. The van der Waals surface area contributed by atoms with Crippen LogP contribution in [0.25, 0.3) is 0 Å². The van der Waals surface area contributed by atoms with E-state index in [0.29, 0.717) is 6.29 Å². The Morgan fingerprint density at radius 2 is 1.95 bits per heavy atom. The van der Waals surface area contributed by atoms with E-state index in [9.17, 15) is 14.4 Å². The second kappa shape index (κ2) is 10.4. The van der Waals surface area contributed by atoms with Gasteiger partial charge in [-0.1, -0.05) is 43.7 Å². The van der Waals surface area contributed by atoms with Crippen LogP contribution in [0.2, 0.25) is 0 Å². The molecule has 1 N–H and O–H groups in total. The molecular weight excluding hydrogens is 286 g/mol.